The van der Waals surface area contributed by atoms with Gasteiger partial charge in [0, 0.05) is 19.3 Å². The standard InChI is InChI=1S/C20H27NO6/c1-6-20(4,5)18(27-15(3)23)17(26-14(2)22)12-21-19(24)25-13-16-10-8-7-9-11-16/h6-11,17-18H,1,12-13H2,2-5H3,(H,21,24)/t17-,18+/m0/s1. The third-order valence-electron chi connectivity index (χ3n) is 3.87. The van der Waals surface area contributed by atoms with Gasteiger partial charge in [-0.05, 0) is 5.56 Å². The second-order valence-electron chi connectivity index (χ2n) is 6.65. The molecule has 1 aromatic carbocycles. The zero-order valence-corrected chi connectivity index (χ0v) is 16.2. The maximum absolute atomic E-state index is 12.0. The lowest BCUT2D eigenvalue weighted by molar-refractivity contribution is -0.172. The molecule has 0 aliphatic carbocycles. The Hall–Kier alpha value is -2.83. The molecular weight excluding hydrogens is 350 g/mol. The minimum atomic E-state index is -0.899. The molecule has 0 bridgehead atoms. The molecule has 148 valence electrons. The maximum atomic E-state index is 12.0. The predicted molar refractivity (Wildman–Crippen MR) is 99.7 cm³/mol. The fourth-order valence-electron chi connectivity index (χ4n) is 2.38. The molecule has 1 N–H and O–H groups in total. The van der Waals surface area contributed by atoms with Gasteiger partial charge in [-0.15, -0.1) is 6.58 Å². The zero-order valence-electron chi connectivity index (χ0n) is 16.2. The summed E-state index contributed by atoms with van der Waals surface area (Å²) in [6, 6.07) is 9.21. The summed E-state index contributed by atoms with van der Waals surface area (Å²) in [7, 11) is 0. The Balaban J connectivity index is 2.76. The normalized spacial score (nSPS) is 13.0. The van der Waals surface area contributed by atoms with E-state index < -0.39 is 35.7 Å². The fraction of sp³-hybridized carbons (Fsp3) is 0.450. The zero-order chi connectivity index (χ0) is 20.4. The van der Waals surface area contributed by atoms with Crippen LogP contribution in [0.4, 0.5) is 4.79 Å². The van der Waals surface area contributed by atoms with Gasteiger partial charge < -0.3 is 19.5 Å². The first-order valence-corrected chi connectivity index (χ1v) is 8.58. The first-order chi connectivity index (χ1) is 12.7. The summed E-state index contributed by atoms with van der Waals surface area (Å²) in [5.74, 6) is -1.09. The molecule has 1 amide bonds. The molecule has 0 spiro atoms. The lowest BCUT2D eigenvalue weighted by Crippen LogP contribution is -2.49. The molecule has 1 rings (SSSR count). The Bertz CT molecular complexity index is 656. The number of esters is 2. The molecule has 0 fully saturated rings. The maximum Gasteiger partial charge on any atom is 0.407 e. The van der Waals surface area contributed by atoms with Crippen molar-refractivity contribution in [3.8, 4) is 0 Å². The first kappa shape index (κ1) is 22.2. The van der Waals surface area contributed by atoms with E-state index in [4.69, 9.17) is 14.2 Å². The van der Waals surface area contributed by atoms with E-state index >= 15 is 0 Å². The molecule has 0 radical (unpaired) electrons. The van der Waals surface area contributed by atoms with Crippen molar-refractivity contribution in [2.24, 2.45) is 5.41 Å². The molecule has 0 saturated carbocycles. The monoisotopic (exact) mass is 377 g/mol. The predicted octanol–water partition coefficient (Wildman–Crippen LogP) is 2.99. The van der Waals surface area contributed by atoms with Crippen molar-refractivity contribution in [1.82, 2.24) is 5.32 Å². The van der Waals surface area contributed by atoms with Gasteiger partial charge in [0.25, 0.3) is 0 Å². The van der Waals surface area contributed by atoms with Crippen LogP contribution in [0.25, 0.3) is 0 Å². The quantitative estimate of drug-likeness (QED) is 0.404. The van der Waals surface area contributed by atoms with Gasteiger partial charge in [-0.25, -0.2) is 4.79 Å². The van der Waals surface area contributed by atoms with Gasteiger partial charge in [-0.1, -0.05) is 50.3 Å². The lowest BCUT2D eigenvalue weighted by atomic mass is 9.83. The summed E-state index contributed by atoms with van der Waals surface area (Å²) in [6.07, 6.45) is -0.798. The number of carbonyl (C=O) groups is 3. The highest BCUT2D eigenvalue weighted by Gasteiger charge is 2.38. The number of carbonyl (C=O) groups excluding carboxylic acids is 3. The Kier molecular flexibility index (Phi) is 8.51. The van der Waals surface area contributed by atoms with Gasteiger partial charge in [-0.3, -0.25) is 9.59 Å². The first-order valence-electron chi connectivity index (χ1n) is 8.58. The smallest absolute Gasteiger partial charge is 0.407 e. The molecular formula is C20H27NO6. The number of ether oxygens (including phenoxy) is 3. The summed E-state index contributed by atoms with van der Waals surface area (Å²) in [4.78, 5) is 34.9. The van der Waals surface area contributed by atoms with Crippen LogP contribution in [-0.2, 0) is 30.4 Å². The molecule has 7 heteroatoms. The molecule has 7 nitrogen and oxygen atoms in total. The Morgan fingerprint density at radius 2 is 1.70 bits per heavy atom. The van der Waals surface area contributed by atoms with Crippen LogP contribution in [0.5, 0.6) is 0 Å². The Morgan fingerprint density at radius 3 is 2.22 bits per heavy atom. The molecule has 0 aliphatic rings. The van der Waals surface area contributed by atoms with Gasteiger partial charge in [0.1, 0.15) is 12.7 Å². The van der Waals surface area contributed by atoms with E-state index in [9.17, 15) is 14.4 Å². The molecule has 27 heavy (non-hydrogen) atoms. The molecule has 0 aromatic heterocycles. The van der Waals surface area contributed by atoms with E-state index in [0.29, 0.717) is 0 Å². The second kappa shape index (κ2) is 10.4. The van der Waals surface area contributed by atoms with Crippen LogP contribution in [0.1, 0.15) is 33.3 Å². The van der Waals surface area contributed by atoms with Gasteiger partial charge in [0.05, 0.1) is 6.54 Å². The van der Waals surface area contributed by atoms with Crippen molar-refractivity contribution in [1.29, 1.82) is 0 Å². The van der Waals surface area contributed by atoms with E-state index in [1.54, 1.807) is 19.9 Å². The average molecular weight is 377 g/mol. The minimum absolute atomic E-state index is 0.0809. The van der Waals surface area contributed by atoms with Crippen LogP contribution < -0.4 is 5.32 Å². The largest absolute Gasteiger partial charge is 0.458 e. The van der Waals surface area contributed by atoms with Crippen LogP contribution in [0, 0.1) is 5.41 Å². The third-order valence-corrected chi connectivity index (χ3v) is 3.87. The number of rotatable bonds is 9. The lowest BCUT2D eigenvalue weighted by Gasteiger charge is -2.36. The molecule has 1 aromatic rings. The van der Waals surface area contributed by atoms with Crippen molar-refractivity contribution in [3.63, 3.8) is 0 Å². The van der Waals surface area contributed by atoms with Crippen LogP contribution in [-0.4, -0.2) is 36.8 Å². The SMILES string of the molecule is C=CC(C)(C)[C@H](OC(C)=O)[C@H](CNC(=O)OCc1ccccc1)OC(C)=O. The van der Waals surface area contributed by atoms with E-state index in [0.717, 1.165) is 5.56 Å². The highest BCUT2D eigenvalue weighted by Crippen LogP contribution is 2.28. The Labute approximate surface area is 159 Å². The molecule has 2 atom stereocenters. The van der Waals surface area contributed by atoms with Crippen molar-refractivity contribution in [2.45, 2.75) is 46.5 Å². The fourth-order valence-corrected chi connectivity index (χ4v) is 2.38. The molecule has 0 unspecified atom stereocenters. The van der Waals surface area contributed by atoms with Crippen LogP contribution in [0.15, 0.2) is 43.0 Å². The highest BCUT2D eigenvalue weighted by atomic mass is 16.6. The molecule has 0 saturated heterocycles. The van der Waals surface area contributed by atoms with Crippen molar-refractivity contribution >= 4 is 18.0 Å². The number of hydrogen-bond donors (Lipinski definition) is 1. The number of amides is 1. The van der Waals surface area contributed by atoms with Crippen LogP contribution in [0.2, 0.25) is 0 Å². The Morgan fingerprint density at radius 1 is 1.11 bits per heavy atom. The second-order valence-corrected chi connectivity index (χ2v) is 6.65. The summed E-state index contributed by atoms with van der Waals surface area (Å²) in [5, 5.41) is 2.54. The van der Waals surface area contributed by atoms with Gasteiger partial charge in [0.15, 0.2) is 6.10 Å². The van der Waals surface area contributed by atoms with Gasteiger partial charge in [-0.2, -0.15) is 0 Å². The van der Waals surface area contributed by atoms with E-state index in [-0.39, 0.29) is 13.2 Å². The van der Waals surface area contributed by atoms with E-state index in [1.807, 2.05) is 30.3 Å². The average Bonchev–Trinajstić information content (AvgIpc) is 2.62. The van der Waals surface area contributed by atoms with Gasteiger partial charge in [0.2, 0.25) is 0 Å². The van der Waals surface area contributed by atoms with E-state index in [1.165, 1.54) is 13.8 Å². The van der Waals surface area contributed by atoms with Crippen molar-refractivity contribution in [2.75, 3.05) is 6.54 Å². The molecule has 0 aliphatic heterocycles. The van der Waals surface area contributed by atoms with Gasteiger partial charge >= 0.3 is 18.0 Å². The summed E-state index contributed by atoms with van der Waals surface area (Å²) < 4.78 is 15.8. The summed E-state index contributed by atoms with van der Waals surface area (Å²) in [5.41, 5.74) is 0.149. The number of nitrogens with one attached hydrogen (secondary N) is 1. The summed E-state index contributed by atoms with van der Waals surface area (Å²) >= 11 is 0. The number of hydrogen-bond acceptors (Lipinski definition) is 6. The minimum Gasteiger partial charge on any atom is -0.458 e. The number of benzene rings is 1. The highest BCUT2D eigenvalue weighted by molar-refractivity contribution is 5.68. The topological polar surface area (TPSA) is 90.9 Å². The third kappa shape index (κ3) is 7.94. The van der Waals surface area contributed by atoms with E-state index in [2.05, 4.69) is 11.9 Å². The van der Waals surface area contributed by atoms with Crippen LogP contribution >= 0.6 is 0 Å². The summed E-state index contributed by atoms with van der Waals surface area (Å²) in [6.45, 7) is 9.85. The number of alkyl carbamates (subject to hydrolysis) is 1. The van der Waals surface area contributed by atoms with Crippen molar-refractivity contribution in [3.05, 3.63) is 48.6 Å². The molecule has 0 heterocycles. The van der Waals surface area contributed by atoms with Crippen molar-refractivity contribution < 1.29 is 28.6 Å². The van der Waals surface area contributed by atoms with Crippen LogP contribution in [0.3, 0.4) is 0 Å².